The fraction of sp³-hybridized carbons (Fsp3) is 0.333. The Balaban J connectivity index is 1.73. The lowest BCUT2D eigenvalue weighted by Crippen LogP contribution is -2.31. The van der Waals surface area contributed by atoms with E-state index in [0.717, 1.165) is 17.7 Å². The van der Waals surface area contributed by atoms with Gasteiger partial charge in [0, 0.05) is 0 Å². The molecule has 2 aromatic rings. The second-order valence-electron chi connectivity index (χ2n) is 4.37. The molecule has 0 aliphatic heterocycles. The largest absolute Gasteiger partial charge is 0.271 e. The van der Waals surface area contributed by atoms with Gasteiger partial charge < -0.3 is 0 Å². The molecule has 0 radical (unpaired) electrons. The van der Waals surface area contributed by atoms with Gasteiger partial charge in [0.2, 0.25) is 0 Å². The van der Waals surface area contributed by atoms with Gasteiger partial charge in [0.25, 0.3) is 0 Å². The Morgan fingerprint density at radius 1 is 1.47 bits per heavy atom. The summed E-state index contributed by atoms with van der Waals surface area (Å²) >= 11 is 1.41. The zero-order valence-electron chi connectivity index (χ0n) is 9.34. The first-order chi connectivity index (χ1) is 8.38. The molecule has 1 aliphatic carbocycles. The monoisotopic (exact) mass is 246 g/mol. The van der Waals surface area contributed by atoms with E-state index < -0.39 is 0 Å². The summed E-state index contributed by atoms with van der Waals surface area (Å²) in [5, 5.41) is 3.86. The summed E-state index contributed by atoms with van der Waals surface area (Å²) < 4.78 is 3.88. The van der Waals surface area contributed by atoms with Crippen LogP contribution in [0.15, 0.2) is 30.5 Å². The topological polar surface area (TPSA) is 63.8 Å². The van der Waals surface area contributed by atoms with Crippen molar-refractivity contribution in [3.63, 3.8) is 0 Å². The molecule has 0 fully saturated rings. The maximum atomic E-state index is 5.61. The molecule has 17 heavy (non-hydrogen) atoms. The molecule has 1 aromatic carbocycles. The van der Waals surface area contributed by atoms with Gasteiger partial charge in [-0.15, -0.1) is 5.10 Å². The number of hydrazine groups is 1. The third kappa shape index (κ3) is 1.97. The standard InChI is InChI=1S/C12H14N4S/c13-15-11(12-7-14-16-17-12)6-9-5-8-3-1-2-4-10(8)9/h1-4,7,9,11,15H,5-6,13H2. The lowest BCUT2D eigenvalue weighted by Gasteiger charge is -2.32. The van der Waals surface area contributed by atoms with E-state index in [9.17, 15) is 0 Å². The highest BCUT2D eigenvalue weighted by atomic mass is 32.1. The second kappa shape index (κ2) is 4.52. The first-order valence-corrected chi connectivity index (χ1v) is 6.47. The molecule has 5 heteroatoms. The van der Waals surface area contributed by atoms with Crippen molar-refractivity contribution in [3.8, 4) is 0 Å². The minimum Gasteiger partial charge on any atom is -0.271 e. The molecule has 1 heterocycles. The molecular formula is C12H14N4S. The number of benzene rings is 1. The van der Waals surface area contributed by atoms with Crippen molar-refractivity contribution in [2.75, 3.05) is 0 Å². The lowest BCUT2D eigenvalue weighted by atomic mass is 9.74. The smallest absolute Gasteiger partial charge is 0.0669 e. The van der Waals surface area contributed by atoms with Crippen LogP contribution >= 0.6 is 11.5 Å². The molecule has 0 amide bonds. The Bertz CT molecular complexity index is 497. The van der Waals surface area contributed by atoms with Crippen LogP contribution < -0.4 is 11.3 Å². The minimum absolute atomic E-state index is 0.161. The Kier molecular flexibility index (Phi) is 2.88. The molecule has 3 rings (SSSR count). The summed E-state index contributed by atoms with van der Waals surface area (Å²) in [6.07, 6.45) is 3.96. The van der Waals surface area contributed by atoms with Crippen LogP contribution in [-0.2, 0) is 6.42 Å². The van der Waals surface area contributed by atoms with Crippen LogP contribution in [0.4, 0.5) is 0 Å². The molecule has 0 bridgehead atoms. The minimum atomic E-state index is 0.161. The van der Waals surface area contributed by atoms with Gasteiger partial charge in [0.15, 0.2) is 0 Å². The van der Waals surface area contributed by atoms with Crippen LogP contribution in [0.1, 0.15) is 34.4 Å². The van der Waals surface area contributed by atoms with Crippen LogP contribution in [0.3, 0.4) is 0 Å². The molecule has 1 aliphatic rings. The van der Waals surface area contributed by atoms with Crippen LogP contribution in [-0.4, -0.2) is 9.59 Å². The first kappa shape index (κ1) is 10.8. The van der Waals surface area contributed by atoms with Gasteiger partial charge >= 0.3 is 0 Å². The maximum Gasteiger partial charge on any atom is 0.0669 e. The molecule has 3 N–H and O–H groups in total. The predicted molar refractivity (Wildman–Crippen MR) is 67.5 cm³/mol. The van der Waals surface area contributed by atoms with Gasteiger partial charge in [-0.3, -0.25) is 11.3 Å². The molecule has 4 nitrogen and oxygen atoms in total. The van der Waals surface area contributed by atoms with Gasteiger partial charge in [0.1, 0.15) is 0 Å². The molecule has 88 valence electrons. The molecule has 2 unspecified atom stereocenters. The SMILES string of the molecule is NNC(CC1Cc2ccccc21)c1cnns1. The zero-order valence-corrected chi connectivity index (χ0v) is 10.2. The summed E-state index contributed by atoms with van der Waals surface area (Å²) in [6.45, 7) is 0. The van der Waals surface area contributed by atoms with Gasteiger partial charge in [-0.1, -0.05) is 28.8 Å². The van der Waals surface area contributed by atoms with Gasteiger partial charge in [-0.05, 0) is 41.4 Å². The second-order valence-corrected chi connectivity index (χ2v) is 5.19. The Morgan fingerprint density at radius 3 is 3.06 bits per heavy atom. The number of nitrogens with one attached hydrogen (secondary N) is 1. The predicted octanol–water partition coefficient (Wildman–Crippen LogP) is 1.77. The lowest BCUT2D eigenvalue weighted by molar-refractivity contribution is 0.440. The molecule has 1 aromatic heterocycles. The summed E-state index contributed by atoms with van der Waals surface area (Å²) in [5.74, 6) is 6.22. The highest BCUT2D eigenvalue weighted by Crippen LogP contribution is 2.40. The van der Waals surface area contributed by atoms with E-state index in [4.69, 9.17) is 5.84 Å². The number of hydrogen-bond acceptors (Lipinski definition) is 5. The molecular weight excluding hydrogens is 232 g/mol. The average molecular weight is 246 g/mol. The van der Waals surface area contributed by atoms with Crippen molar-refractivity contribution in [1.29, 1.82) is 0 Å². The highest BCUT2D eigenvalue weighted by molar-refractivity contribution is 7.05. The quantitative estimate of drug-likeness (QED) is 0.637. The van der Waals surface area contributed by atoms with Crippen LogP contribution in [0.2, 0.25) is 0 Å². The van der Waals surface area contributed by atoms with E-state index in [0.29, 0.717) is 5.92 Å². The third-order valence-electron chi connectivity index (χ3n) is 3.40. The fourth-order valence-corrected chi connectivity index (χ4v) is 3.03. The van der Waals surface area contributed by atoms with Crippen LogP contribution in [0, 0.1) is 0 Å². The molecule has 0 saturated carbocycles. The van der Waals surface area contributed by atoms with Crippen molar-refractivity contribution in [2.45, 2.75) is 24.8 Å². The van der Waals surface area contributed by atoms with E-state index in [1.54, 1.807) is 6.20 Å². The van der Waals surface area contributed by atoms with Crippen molar-refractivity contribution < 1.29 is 0 Å². The fourth-order valence-electron chi connectivity index (χ4n) is 2.45. The van der Waals surface area contributed by atoms with Gasteiger partial charge in [0.05, 0.1) is 17.1 Å². The van der Waals surface area contributed by atoms with Crippen LogP contribution in [0.25, 0.3) is 0 Å². The van der Waals surface area contributed by atoms with Crippen molar-refractivity contribution >= 4 is 11.5 Å². The van der Waals surface area contributed by atoms with E-state index in [2.05, 4.69) is 39.3 Å². The summed E-state index contributed by atoms with van der Waals surface area (Å²) in [6, 6.07) is 8.77. The summed E-state index contributed by atoms with van der Waals surface area (Å²) in [5.41, 5.74) is 5.80. The molecule has 0 spiro atoms. The summed E-state index contributed by atoms with van der Waals surface area (Å²) in [4.78, 5) is 1.11. The van der Waals surface area contributed by atoms with E-state index in [-0.39, 0.29) is 6.04 Å². The van der Waals surface area contributed by atoms with Crippen molar-refractivity contribution in [1.82, 2.24) is 15.0 Å². The van der Waals surface area contributed by atoms with Crippen LogP contribution in [0.5, 0.6) is 0 Å². The zero-order chi connectivity index (χ0) is 11.7. The normalized spacial score (nSPS) is 19.5. The maximum absolute atomic E-state index is 5.61. The number of aromatic nitrogens is 2. The number of nitrogens with zero attached hydrogens (tertiary/aromatic N) is 2. The van der Waals surface area contributed by atoms with E-state index in [1.165, 1.54) is 22.7 Å². The van der Waals surface area contributed by atoms with Gasteiger partial charge in [-0.25, -0.2) is 0 Å². The Morgan fingerprint density at radius 2 is 2.35 bits per heavy atom. The average Bonchev–Trinajstić information content (AvgIpc) is 2.84. The van der Waals surface area contributed by atoms with E-state index in [1.807, 2.05) is 0 Å². The third-order valence-corrected chi connectivity index (χ3v) is 4.18. The van der Waals surface area contributed by atoms with Crippen molar-refractivity contribution in [2.24, 2.45) is 5.84 Å². The molecule has 0 saturated heterocycles. The molecule has 2 atom stereocenters. The number of nitrogens with two attached hydrogens (primary N) is 1. The first-order valence-electron chi connectivity index (χ1n) is 5.69. The highest BCUT2D eigenvalue weighted by Gasteiger charge is 2.28. The van der Waals surface area contributed by atoms with Gasteiger partial charge in [-0.2, -0.15) is 0 Å². The Labute approximate surface area is 104 Å². The Hall–Kier alpha value is -1.30. The van der Waals surface area contributed by atoms with E-state index >= 15 is 0 Å². The number of fused-ring (bicyclic) bond motifs is 1. The number of hydrogen-bond donors (Lipinski definition) is 2. The summed E-state index contributed by atoms with van der Waals surface area (Å²) in [7, 11) is 0. The number of rotatable bonds is 4. The van der Waals surface area contributed by atoms with Crippen molar-refractivity contribution in [3.05, 3.63) is 46.5 Å².